The molecule has 0 aromatic heterocycles. The predicted octanol–water partition coefficient (Wildman–Crippen LogP) is 1.84. The van der Waals surface area contributed by atoms with Crippen LogP contribution < -0.4 is 11.1 Å². The number of amides is 3. The summed E-state index contributed by atoms with van der Waals surface area (Å²) in [7, 11) is 1.75. The van der Waals surface area contributed by atoms with Crippen molar-refractivity contribution in [1.29, 1.82) is 0 Å². The van der Waals surface area contributed by atoms with Gasteiger partial charge >= 0.3 is 6.03 Å². The van der Waals surface area contributed by atoms with Crippen LogP contribution in [0.25, 0.3) is 0 Å². The Balaban J connectivity index is 0.00000312. The van der Waals surface area contributed by atoms with E-state index in [0.717, 1.165) is 31.5 Å². The lowest BCUT2D eigenvalue weighted by molar-refractivity contribution is -0.132. The SMILES string of the molecule is CN(Cc1ccccc1)C(=O)NCCC(=O)N1CCC(CN)CC1.Cl. The van der Waals surface area contributed by atoms with Gasteiger partial charge in [0.2, 0.25) is 5.91 Å². The molecule has 1 aromatic carbocycles. The molecule has 25 heavy (non-hydrogen) atoms. The van der Waals surface area contributed by atoms with E-state index in [-0.39, 0.29) is 24.3 Å². The van der Waals surface area contributed by atoms with Gasteiger partial charge in [-0.1, -0.05) is 30.3 Å². The zero-order chi connectivity index (χ0) is 17.4. The van der Waals surface area contributed by atoms with Crippen molar-refractivity contribution in [2.45, 2.75) is 25.8 Å². The van der Waals surface area contributed by atoms with Crippen LogP contribution >= 0.6 is 12.4 Å². The van der Waals surface area contributed by atoms with Gasteiger partial charge in [-0.3, -0.25) is 4.79 Å². The topological polar surface area (TPSA) is 78.7 Å². The molecule has 2 rings (SSSR count). The maximum atomic E-state index is 12.2. The van der Waals surface area contributed by atoms with E-state index < -0.39 is 0 Å². The summed E-state index contributed by atoms with van der Waals surface area (Å²) in [4.78, 5) is 27.7. The molecular formula is C18H29ClN4O2. The van der Waals surface area contributed by atoms with E-state index in [1.165, 1.54) is 0 Å². The average Bonchev–Trinajstić information content (AvgIpc) is 2.62. The van der Waals surface area contributed by atoms with Crippen LogP contribution in [0.15, 0.2) is 30.3 Å². The van der Waals surface area contributed by atoms with Gasteiger partial charge in [0.05, 0.1) is 0 Å². The zero-order valence-electron chi connectivity index (χ0n) is 14.8. The van der Waals surface area contributed by atoms with Crippen molar-refractivity contribution in [3.05, 3.63) is 35.9 Å². The largest absolute Gasteiger partial charge is 0.343 e. The number of hydrogen-bond donors (Lipinski definition) is 2. The van der Waals surface area contributed by atoms with Crippen LogP contribution in [0.5, 0.6) is 0 Å². The maximum Gasteiger partial charge on any atom is 0.317 e. The van der Waals surface area contributed by atoms with E-state index >= 15 is 0 Å². The second-order valence-corrected chi connectivity index (χ2v) is 6.38. The Bertz CT molecular complexity index is 533. The molecule has 0 atom stereocenters. The maximum absolute atomic E-state index is 12.2. The molecule has 1 aliphatic rings. The highest BCUT2D eigenvalue weighted by molar-refractivity contribution is 5.85. The third kappa shape index (κ3) is 6.92. The van der Waals surface area contributed by atoms with Crippen LogP contribution in [0.2, 0.25) is 0 Å². The number of carbonyl (C=O) groups excluding carboxylic acids is 2. The van der Waals surface area contributed by atoms with Gasteiger partial charge in [-0.05, 0) is 30.9 Å². The van der Waals surface area contributed by atoms with Crippen molar-refractivity contribution < 1.29 is 9.59 Å². The van der Waals surface area contributed by atoms with Crippen molar-refractivity contribution in [3.8, 4) is 0 Å². The van der Waals surface area contributed by atoms with Gasteiger partial charge in [0, 0.05) is 39.6 Å². The first-order valence-corrected chi connectivity index (χ1v) is 8.61. The normalized spacial score (nSPS) is 14.6. The van der Waals surface area contributed by atoms with Crippen LogP contribution in [0.1, 0.15) is 24.8 Å². The lowest BCUT2D eigenvalue weighted by Crippen LogP contribution is -2.42. The molecule has 0 bridgehead atoms. The van der Waals surface area contributed by atoms with E-state index in [1.807, 2.05) is 35.2 Å². The minimum atomic E-state index is -0.159. The van der Waals surface area contributed by atoms with Gasteiger partial charge in [-0.25, -0.2) is 4.79 Å². The minimum Gasteiger partial charge on any atom is -0.343 e. The van der Waals surface area contributed by atoms with E-state index in [0.29, 0.717) is 32.0 Å². The molecule has 140 valence electrons. The number of carbonyl (C=O) groups is 2. The van der Waals surface area contributed by atoms with Gasteiger partial charge < -0.3 is 20.9 Å². The molecule has 1 saturated heterocycles. The fourth-order valence-corrected chi connectivity index (χ4v) is 2.92. The highest BCUT2D eigenvalue weighted by Crippen LogP contribution is 2.16. The molecule has 0 radical (unpaired) electrons. The monoisotopic (exact) mass is 368 g/mol. The van der Waals surface area contributed by atoms with E-state index in [2.05, 4.69) is 5.32 Å². The number of nitrogens with zero attached hydrogens (tertiary/aromatic N) is 2. The van der Waals surface area contributed by atoms with Crippen LogP contribution in [0.4, 0.5) is 4.79 Å². The third-order valence-corrected chi connectivity index (χ3v) is 4.52. The summed E-state index contributed by atoms with van der Waals surface area (Å²) in [6.07, 6.45) is 2.31. The highest BCUT2D eigenvalue weighted by atomic mass is 35.5. The number of nitrogens with two attached hydrogens (primary N) is 1. The van der Waals surface area contributed by atoms with Gasteiger partial charge in [-0.2, -0.15) is 0 Å². The number of piperidine rings is 1. The summed E-state index contributed by atoms with van der Waals surface area (Å²) in [5.41, 5.74) is 6.74. The summed E-state index contributed by atoms with van der Waals surface area (Å²) in [6, 6.07) is 9.66. The molecule has 1 heterocycles. The second-order valence-electron chi connectivity index (χ2n) is 6.38. The Labute approximate surface area is 156 Å². The standard InChI is InChI=1S/C18H28N4O2.ClH/c1-21(14-16-5-3-2-4-6-16)18(24)20-10-7-17(23)22-11-8-15(13-19)9-12-22;/h2-6,15H,7-14,19H2,1H3,(H,20,24);1H. The van der Waals surface area contributed by atoms with Crippen molar-refractivity contribution in [2.75, 3.05) is 33.2 Å². The molecule has 0 spiro atoms. The van der Waals surface area contributed by atoms with Crippen LogP contribution in [-0.4, -0.2) is 55.0 Å². The lowest BCUT2D eigenvalue weighted by atomic mass is 9.97. The van der Waals surface area contributed by atoms with E-state index in [4.69, 9.17) is 5.73 Å². The molecule has 7 heteroatoms. The Morgan fingerprint density at radius 2 is 1.88 bits per heavy atom. The molecule has 6 nitrogen and oxygen atoms in total. The minimum absolute atomic E-state index is 0. The van der Waals surface area contributed by atoms with Crippen molar-refractivity contribution in [3.63, 3.8) is 0 Å². The first kappa shape index (κ1) is 21.3. The van der Waals surface area contributed by atoms with Crippen LogP contribution in [0, 0.1) is 5.92 Å². The summed E-state index contributed by atoms with van der Waals surface area (Å²) >= 11 is 0. The molecule has 1 aliphatic heterocycles. The number of benzene rings is 1. The summed E-state index contributed by atoms with van der Waals surface area (Å²) in [5.74, 6) is 0.650. The number of likely N-dealkylation sites (tertiary alicyclic amines) is 1. The lowest BCUT2D eigenvalue weighted by Gasteiger charge is -2.31. The number of urea groups is 1. The predicted molar refractivity (Wildman–Crippen MR) is 102 cm³/mol. The summed E-state index contributed by atoms with van der Waals surface area (Å²) in [5, 5.41) is 2.81. The molecule has 1 fully saturated rings. The van der Waals surface area contributed by atoms with Crippen molar-refractivity contribution in [2.24, 2.45) is 11.7 Å². The molecular weight excluding hydrogens is 340 g/mol. The van der Waals surface area contributed by atoms with E-state index in [9.17, 15) is 9.59 Å². The Kier molecular flexibility index (Phi) is 9.31. The quantitative estimate of drug-likeness (QED) is 0.804. The van der Waals surface area contributed by atoms with Gasteiger partial charge in [0.25, 0.3) is 0 Å². The van der Waals surface area contributed by atoms with E-state index in [1.54, 1.807) is 11.9 Å². The van der Waals surface area contributed by atoms with Gasteiger partial charge in [0.15, 0.2) is 0 Å². The number of halogens is 1. The number of nitrogens with one attached hydrogen (secondary N) is 1. The molecule has 0 unspecified atom stereocenters. The molecule has 0 saturated carbocycles. The Hall–Kier alpha value is -1.79. The van der Waals surface area contributed by atoms with Crippen molar-refractivity contribution >= 4 is 24.3 Å². The summed E-state index contributed by atoms with van der Waals surface area (Å²) < 4.78 is 0. The number of rotatable bonds is 6. The summed E-state index contributed by atoms with van der Waals surface area (Å²) in [6.45, 7) is 3.18. The average molecular weight is 369 g/mol. The van der Waals surface area contributed by atoms with Gasteiger partial charge in [0.1, 0.15) is 0 Å². The van der Waals surface area contributed by atoms with Crippen LogP contribution in [-0.2, 0) is 11.3 Å². The van der Waals surface area contributed by atoms with Crippen LogP contribution in [0.3, 0.4) is 0 Å². The van der Waals surface area contributed by atoms with Crippen molar-refractivity contribution in [1.82, 2.24) is 15.1 Å². The molecule has 3 N–H and O–H groups in total. The fourth-order valence-electron chi connectivity index (χ4n) is 2.92. The third-order valence-electron chi connectivity index (χ3n) is 4.52. The second kappa shape index (κ2) is 10.9. The first-order valence-electron chi connectivity index (χ1n) is 8.61. The zero-order valence-corrected chi connectivity index (χ0v) is 15.6. The molecule has 3 amide bonds. The molecule has 0 aliphatic carbocycles. The number of hydrogen-bond acceptors (Lipinski definition) is 3. The Morgan fingerprint density at radius 3 is 2.48 bits per heavy atom. The van der Waals surface area contributed by atoms with Gasteiger partial charge in [-0.15, -0.1) is 12.4 Å². The molecule has 1 aromatic rings. The first-order chi connectivity index (χ1) is 11.6. The fraction of sp³-hybridized carbons (Fsp3) is 0.556. The highest BCUT2D eigenvalue weighted by Gasteiger charge is 2.21. The Morgan fingerprint density at radius 1 is 1.24 bits per heavy atom. The smallest absolute Gasteiger partial charge is 0.317 e.